The molecule has 1 aromatic rings. The fourth-order valence-corrected chi connectivity index (χ4v) is 1.95. The molecule has 0 bridgehead atoms. The number of nitrogens with zero attached hydrogens (tertiary/aromatic N) is 2. The average Bonchev–Trinajstić information content (AvgIpc) is 2.88. The fraction of sp³-hybridized carbons (Fsp3) is 0.727. The van der Waals surface area contributed by atoms with Crippen molar-refractivity contribution >= 4 is 5.95 Å². The van der Waals surface area contributed by atoms with Crippen molar-refractivity contribution in [2.24, 2.45) is 0 Å². The molecule has 1 aliphatic heterocycles. The number of imidazole rings is 1. The van der Waals surface area contributed by atoms with Crippen LogP contribution in [0.1, 0.15) is 26.2 Å². The van der Waals surface area contributed by atoms with Gasteiger partial charge in [0.2, 0.25) is 5.95 Å². The number of aromatic nitrogens is 2. The highest BCUT2D eigenvalue weighted by atomic mass is 16.5. The molecule has 1 atom stereocenters. The maximum atomic E-state index is 5.56. The average molecular weight is 209 g/mol. The minimum Gasteiger partial charge on any atom is -0.378 e. The first-order valence-corrected chi connectivity index (χ1v) is 5.76. The van der Waals surface area contributed by atoms with Crippen molar-refractivity contribution in [3.05, 3.63) is 12.4 Å². The number of ether oxygens (including phenoxy) is 1. The molecule has 84 valence electrons. The van der Waals surface area contributed by atoms with Crippen LogP contribution in [0.25, 0.3) is 0 Å². The van der Waals surface area contributed by atoms with Gasteiger partial charge in [-0.1, -0.05) is 0 Å². The summed E-state index contributed by atoms with van der Waals surface area (Å²) in [4.78, 5) is 4.26. The summed E-state index contributed by atoms with van der Waals surface area (Å²) in [6.07, 6.45) is 7.80. The second-order valence-electron chi connectivity index (χ2n) is 3.89. The van der Waals surface area contributed by atoms with Crippen molar-refractivity contribution in [3.63, 3.8) is 0 Å². The van der Waals surface area contributed by atoms with E-state index in [1.165, 1.54) is 12.8 Å². The summed E-state index contributed by atoms with van der Waals surface area (Å²) in [6.45, 7) is 4.96. The molecule has 2 rings (SSSR count). The Labute approximate surface area is 90.6 Å². The lowest BCUT2D eigenvalue weighted by atomic mass is 10.2. The summed E-state index contributed by atoms with van der Waals surface area (Å²) in [5, 5.41) is 3.34. The van der Waals surface area contributed by atoms with Crippen LogP contribution in [-0.2, 0) is 11.3 Å². The largest absolute Gasteiger partial charge is 0.378 e. The van der Waals surface area contributed by atoms with Crippen molar-refractivity contribution in [1.82, 2.24) is 9.55 Å². The van der Waals surface area contributed by atoms with Gasteiger partial charge in [0.05, 0.1) is 6.10 Å². The van der Waals surface area contributed by atoms with E-state index >= 15 is 0 Å². The van der Waals surface area contributed by atoms with E-state index in [9.17, 15) is 0 Å². The van der Waals surface area contributed by atoms with Gasteiger partial charge in [0.25, 0.3) is 0 Å². The van der Waals surface area contributed by atoms with E-state index in [0.717, 1.165) is 32.1 Å². The SMILES string of the molecule is CCn1ccnc1NCCC1CCCO1. The predicted octanol–water partition coefficient (Wildman–Crippen LogP) is 1.88. The second-order valence-corrected chi connectivity index (χ2v) is 3.89. The van der Waals surface area contributed by atoms with Crippen molar-refractivity contribution < 1.29 is 4.74 Å². The molecule has 1 aromatic heterocycles. The third kappa shape index (κ3) is 2.72. The summed E-state index contributed by atoms with van der Waals surface area (Å²) in [7, 11) is 0. The molecular formula is C11H19N3O. The van der Waals surface area contributed by atoms with Gasteiger partial charge < -0.3 is 14.6 Å². The van der Waals surface area contributed by atoms with Gasteiger partial charge in [-0.05, 0) is 26.2 Å². The Bertz CT molecular complexity index is 292. The Morgan fingerprint density at radius 2 is 2.60 bits per heavy atom. The number of hydrogen-bond acceptors (Lipinski definition) is 3. The molecule has 4 heteroatoms. The summed E-state index contributed by atoms with van der Waals surface area (Å²) in [5.74, 6) is 0.968. The molecule has 1 fully saturated rings. The molecule has 1 unspecified atom stereocenters. The number of nitrogens with one attached hydrogen (secondary N) is 1. The normalized spacial score (nSPS) is 20.7. The van der Waals surface area contributed by atoms with Crippen LogP contribution in [0.5, 0.6) is 0 Å². The van der Waals surface area contributed by atoms with E-state index in [4.69, 9.17) is 4.74 Å². The van der Waals surface area contributed by atoms with Crippen LogP contribution in [0, 0.1) is 0 Å². The highest BCUT2D eigenvalue weighted by Crippen LogP contribution is 2.15. The highest BCUT2D eigenvalue weighted by molar-refractivity contribution is 5.25. The Hall–Kier alpha value is -1.03. The molecule has 1 aliphatic rings. The van der Waals surface area contributed by atoms with Gasteiger partial charge in [0, 0.05) is 32.1 Å². The predicted molar refractivity (Wildman–Crippen MR) is 60.0 cm³/mol. The van der Waals surface area contributed by atoms with Gasteiger partial charge in [-0.2, -0.15) is 0 Å². The first-order valence-electron chi connectivity index (χ1n) is 5.76. The molecule has 0 radical (unpaired) electrons. The van der Waals surface area contributed by atoms with Crippen molar-refractivity contribution in [1.29, 1.82) is 0 Å². The highest BCUT2D eigenvalue weighted by Gasteiger charge is 2.14. The molecule has 0 amide bonds. The lowest BCUT2D eigenvalue weighted by Gasteiger charge is -2.11. The third-order valence-electron chi connectivity index (χ3n) is 2.83. The van der Waals surface area contributed by atoms with Crippen LogP contribution in [0.2, 0.25) is 0 Å². The summed E-state index contributed by atoms with van der Waals surface area (Å²) >= 11 is 0. The van der Waals surface area contributed by atoms with Crippen molar-refractivity contribution in [2.75, 3.05) is 18.5 Å². The lowest BCUT2D eigenvalue weighted by molar-refractivity contribution is 0.107. The molecular weight excluding hydrogens is 190 g/mol. The van der Waals surface area contributed by atoms with Crippen LogP contribution in [0.15, 0.2) is 12.4 Å². The Morgan fingerprint density at radius 1 is 1.67 bits per heavy atom. The first-order chi connectivity index (χ1) is 7.40. The van der Waals surface area contributed by atoms with Crippen LogP contribution in [0.4, 0.5) is 5.95 Å². The molecule has 0 aliphatic carbocycles. The molecule has 4 nitrogen and oxygen atoms in total. The Morgan fingerprint density at radius 3 is 3.33 bits per heavy atom. The molecule has 1 N–H and O–H groups in total. The zero-order chi connectivity index (χ0) is 10.5. The van der Waals surface area contributed by atoms with Crippen molar-refractivity contribution in [3.8, 4) is 0 Å². The summed E-state index contributed by atoms with van der Waals surface area (Å²) in [6, 6.07) is 0. The lowest BCUT2D eigenvalue weighted by Crippen LogP contribution is -2.14. The van der Waals surface area contributed by atoms with Gasteiger partial charge in [-0.3, -0.25) is 0 Å². The third-order valence-corrected chi connectivity index (χ3v) is 2.83. The van der Waals surface area contributed by atoms with Gasteiger partial charge in [-0.25, -0.2) is 4.98 Å². The topological polar surface area (TPSA) is 39.1 Å². The summed E-state index contributed by atoms with van der Waals surface area (Å²) < 4.78 is 7.67. The van der Waals surface area contributed by atoms with Crippen molar-refractivity contribution in [2.45, 2.75) is 38.8 Å². The minimum absolute atomic E-state index is 0.461. The van der Waals surface area contributed by atoms with Gasteiger partial charge in [-0.15, -0.1) is 0 Å². The van der Waals surface area contributed by atoms with E-state index < -0.39 is 0 Å². The monoisotopic (exact) mass is 209 g/mol. The fourth-order valence-electron chi connectivity index (χ4n) is 1.95. The standard InChI is InChI=1S/C11H19N3O/c1-2-14-8-7-13-11(14)12-6-5-10-4-3-9-15-10/h7-8,10H,2-6,9H2,1H3,(H,12,13). The minimum atomic E-state index is 0.461. The maximum absolute atomic E-state index is 5.56. The molecule has 0 saturated carbocycles. The van der Waals surface area contributed by atoms with Crippen LogP contribution in [-0.4, -0.2) is 28.8 Å². The van der Waals surface area contributed by atoms with E-state index in [1.807, 2.05) is 12.4 Å². The van der Waals surface area contributed by atoms with Crippen LogP contribution < -0.4 is 5.32 Å². The van der Waals surface area contributed by atoms with E-state index in [2.05, 4.69) is 21.8 Å². The number of rotatable bonds is 5. The van der Waals surface area contributed by atoms with E-state index in [1.54, 1.807) is 0 Å². The van der Waals surface area contributed by atoms with Gasteiger partial charge >= 0.3 is 0 Å². The van der Waals surface area contributed by atoms with Crippen LogP contribution >= 0.6 is 0 Å². The first kappa shape index (κ1) is 10.5. The quantitative estimate of drug-likeness (QED) is 0.804. The van der Waals surface area contributed by atoms with E-state index in [-0.39, 0.29) is 0 Å². The van der Waals surface area contributed by atoms with Gasteiger partial charge in [0.15, 0.2) is 0 Å². The number of aryl methyl sites for hydroxylation is 1. The van der Waals surface area contributed by atoms with Crippen LogP contribution in [0.3, 0.4) is 0 Å². The molecule has 15 heavy (non-hydrogen) atoms. The number of anilines is 1. The smallest absolute Gasteiger partial charge is 0.202 e. The molecule has 1 saturated heterocycles. The van der Waals surface area contributed by atoms with E-state index in [0.29, 0.717) is 6.10 Å². The molecule has 2 heterocycles. The zero-order valence-corrected chi connectivity index (χ0v) is 9.28. The Kier molecular flexibility index (Phi) is 3.61. The number of hydrogen-bond donors (Lipinski definition) is 1. The summed E-state index contributed by atoms with van der Waals surface area (Å²) in [5.41, 5.74) is 0. The second kappa shape index (κ2) is 5.16. The zero-order valence-electron chi connectivity index (χ0n) is 9.28. The maximum Gasteiger partial charge on any atom is 0.202 e. The van der Waals surface area contributed by atoms with Gasteiger partial charge in [0.1, 0.15) is 0 Å². The molecule has 0 aromatic carbocycles. The Balaban J connectivity index is 1.73. The molecule has 0 spiro atoms.